The smallest absolute Gasteiger partial charge is 0.387 e. The Morgan fingerprint density at radius 1 is 1.11 bits per heavy atom. The lowest BCUT2D eigenvalue weighted by Crippen LogP contribution is -2.20. The number of hydrogen-bond donors (Lipinski definition) is 1. The van der Waals surface area contributed by atoms with Gasteiger partial charge in [0.25, 0.3) is 5.91 Å². The van der Waals surface area contributed by atoms with Crippen molar-refractivity contribution in [3.8, 4) is 22.8 Å². The summed E-state index contributed by atoms with van der Waals surface area (Å²) in [5, 5.41) is 4.36. The van der Waals surface area contributed by atoms with Crippen LogP contribution in [0.5, 0.6) is 11.5 Å². The van der Waals surface area contributed by atoms with E-state index < -0.39 is 24.9 Å². The number of carbonyl (C=O) groups is 1. The number of para-hydroxylation sites is 2. The number of rotatable bonds is 7. The van der Waals surface area contributed by atoms with E-state index in [1.54, 1.807) is 29.6 Å². The minimum absolute atomic E-state index is 0.0152. The topological polar surface area (TPSA) is 60.5 Å². The Morgan fingerprint density at radius 2 is 1.81 bits per heavy atom. The molecule has 1 N–H and O–H groups in total. The number of nitrogens with one attached hydrogen (secondary N) is 1. The average molecular weight is 394 g/mol. The molecule has 3 rings (SSSR count). The summed E-state index contributed by atoms with van der Waals surface area (Å²) in [6, 6.07) is 11.9. The first-order chi connectivity index (χ1) is 13.0. The minimum atomic E-state index is -2.96. The van der Waals surface area contributed by atoms with Gasteiger partial charge in [-0.25, -0.2) is 9.37 Å². The molecule has 9 heteroatoms. The molecule has 1 heterocycles. The Kier molecular flexibility index (Phi) is 5.92. The van der Waals surface area contributed by atoms with Gasteiger partial charge in [-0.2, -0.15) is 8.78 Å². The summed E-state index contributed by atoms with van der Waals surface area (Å²) in [6.07, 6.45) is 0. The van der Waals surface area contributed by atoms with E-state index in [-0.39, 0.29) is 16.6 Å². The van der Waals surface area contributed by atoms with E-state index in [1.807, 2.05) is 0 Å². The van der Waals surface area contributed by atoms with E-state index in [1.165, 1.54) is 24.3 Å². The molecule has 140 valence electrons. The highest BCUT2D eigenvalue weighted by Crippen LogP contribution is 2.33. The predicted molar refractivity (Wildman–Crippen MR) is 94.7 cm³/mol. The van der Waals surface area contributed by atoms with E-state index in [9.17, 15) is 18.0 Å². The van der Waals surface area contributed by atoms with Crippen LogP contribution < -0.4 is 14.8 Å². The summed E-state index contributed by atoms with van der Waals surface area (Å²) in [5.41, 5.74) is 0.749. The molecule has 5 nitrogen and oxygen atoms in total. The van der Waals surface area contributed by atoms with Gasteiger partial charge in [0.1, 0.15) is 5.75 Å². The molecule has 0 saturated carbocycles. The summed E-state index contributed by atoms with van der Waals surface area (Å²) in [7, 11) is 0. The monoisotopic (exact) mass is 394 g/mol. The highest BCUT2D eigenvalue weighted by Gasteiger charge is 2.14. The Hall–Kier alpha value is -3.07. The summed E-state index contributed by atoms with van der Waals surface area (Å²) in [4.78, 5) is 16.1. The first-order valence-corrected chi connectivity index (χ1v) is 8.58. The number of hydrogen-bond acceptors (Lipinski definition) is 5. The van der Waals surface area contributed by atoms with Crippen LogP contribution in [0.25, 0.3) is 11.3 Å². The van der Waals surface area contributed by atoms with Crippen LogP contribution in [0, 0.1) is 5.82 Å². The van der Waals surface area contributed by atoms with E-state index in [4.69, 9.17) is 4.74 Å². The van der Waals surface area contributed by atoms with Crippen molar-refractivity contribution in [2.45, 2.75) is 6.61 Å². The van der Waals surface area contributed by atoms with Gasteiger partial charge in [-0.15, -0.1) is 11.3 Å². The molecule has 27 heavy (non-hydrogen) atoms. The van der Waals surface area contributed by atoms with Crippen molar-refractivity contribution in [2.75, 3.05) is 11.9 Å². The van der Waals surface area contributed by atoms with Gasteiger partial charge in [0.15, 0.2) is 23.3 Å². The third-order valence-electron chi connectivity index (χ3n) is 3.33. The molecule has 0 aliphatic carbocycles. The fourth-order valence-corrected chi connectivity index (χ4v) is 2.92. The number of ether oxygens (including phenoxy) is 2. The van der Waals surface area contributed by atoms with Gasteiger partial charge in [-0.3, -0.25) is 10.1 Å². The van der Waals surface area contributed by atoms with E-state index in [0.717, 1.165) is 11.3 Å². The Morgan fingerprint density at radius 3 is 2.56 bits per heavy atom. The number of anilines is 1. The minimum Gasteiger partial charge on any atom is -0.481 e. The Balaban J connectivity index is 1.64. The fourth-order valence-electron chi connectivity index (χ4n) is 2.19. The molecule has 0 bridgehead atoms. The largest absolute Gasteiger partial charge is 0.481 e. The summed E-state index contributed by atoms with van der Waals surface area (Å²) < 4.78 is 48.1. The molecule has 3 aromatic rings. The maximum absolute atomic E-state index is 13.5. The lowest BCUT2D eigenvalue weighted by molar-refractivity contribution is -0.118. The second-order valence-corrected chi connectivity index (χ2v) is 6.04. The molecule has 0 unspecified atom stereocenters. The highest BCUT2D eigenvalue weighted by atomic mass is 32.1. The maximum Gasteiger partial charge on any atom is 0.387 e. The van der Waals surface area contributed by atoms with Crippen molar-refractivity contribution in [1.29, 1.82) is 0 Å². The molecule has 2 aromatic carbocycles. The van der Waals surface area contributed by atoms with Crippen molar-refractivity contribution in [3.63, 3.8) is 0 Å². The first kappa shape index (κ1) is 18.7. The molecule has 0 aliphatic rings. The SMILES string of the molecule is O=C(COc1ccccc1F)Nc1nc(-c2ccccc2OC(F)F)cs1. The number of nitrogens with zero attached hydrogens (tertiary/aromatic N) is 1. The Bertz CT molecular complexity index is 933. The summed E-state index contributed by atoms with van der Waals surface area (Å²) in [6.45, 7) is -3.36. The number of alkyl halides is 2. The quantitative estimate of drug-likeness (QED) is 0.638. The van der Waals surface area contributed by atoms with Gasteiger partial charge in [0.05, 0.1) is 5.69 Å². The van der Waals surface area contributed by atoms with Gasteiger partial charge < -0.3 is 9.47 Å². The zero-order chi connectivity index (χ0) is 19.2. The van der Waals surface area contributed by atoms with Gasteiger partial charge in [-0.05, 0) is 24.3 Å². The second-order valence-electron chi connectivity index (χ2n) is 5.18. The van der Waals surface area contributed by atoms with Crippen LogP contribution in [-0.4, -0.2) is 24.1 Å². The lowest BCUT2D eigenvalue weighted by Gasteiger charge is -2.08. The third kappa shape index (κ3) is 4.98. The molecule has 0 fully saturated rings. The van der Waals surface area contributed by atoms with Crippen molar-refractivity contribution in [2.24, 2.45) is 0 Å². The van der Waals surface area contributed by atoms with Crippen LogP contribution in [0.3, 0.4) is 0 Å². The first-order valence-electron chi connectivity index (χ1n) is 7.70. The standard InChI is InChI=1S/C18H13F3N2O3S/c19-12-6-2-4-8-15(12)25-9-16(24)23-18-22-13(10-27-18)11-5-1-3-7-14(11)26-17(20)21/h1-8,10,17H,9H2,(H,22,23,24). The molecular weight excluding hydrogens is 381 g/mol. The van der Waals surface area contributed by atoms with Gasteiger partial charge in [0, 0.05) is 10.9 Å². The maximum atomic E-state index is 13.5. The van der Waals surface area contributed by atoms with Crippen LogP contribution in [0.2, 0.25) is 0 Å². The Labute approximate surface area is 156 Å². The normalized spacial score (nSPS) is 10.7. The predicted octanol–water partition coefficient (Wildman–Crippen LogP) is 4.57. The fraction of sp³-hybridized carbons (Fsp3) is 0.111. The number of benzene rings is 2. The summed E-state index contributed by atoms with van der Waals surface area (Å²) in [5.74, 6) is -1.15. The zero-order valence-corrected chi connectivity index (χ0v) is 14.5. The third-order valence-corrected chi connectivity index (χ3v) is 4.08. The van der Waals surface area contributed by atoms with Crippen LogP contribution in [0.1, 0.15) is 0 Å². The van der Waals surface area contributed by atoms with Crippen molar-refractivity contribution < 1.29 is 27.4 Å². The molecule has 1 aromatic heterocycles. The van der Waals surface area contributed by atoms with Crippen LogP contribution in [-0.2, 0) is 4.79 Å². The average Bonchev–Trinajstić information content (AvgIpc) is 3.09. The van der Waals surface area contributed by atoms with Crippen molar-refractivity contribution >= 4 is 22.4 Å². The number of aromatic nitrogens is 1. The molecular formula is C18H13F3N2O3S. The van der Waals surface area contributed by atoms with E-state index >= 15 is 0 Å². The molecule has 0 atom stereocenters. The number of carbonyl (C=O) groups excluding carboxylic acids is 1. The van der Waals surface area contributed by atoms with Gasteiger partial charge in [0.2, 0.25) is 0 Å². The second kappa shape index (κ2) is 8.54. The molecule has 0 saturated heterocycles. The van der Waals surface area contributed by atoms with Crippen LogP contribution in [0.4, 0.5) is 18.3 Å². The molecule has 0 aliphatic heterocycles. The van der Waals surface area contributed by atoms with Crippen LogP contribution in [0.15, 0.2) is 53.9 Å². The van der Waals surface area contributed by atoms with E-state index in [0.29, 0.717) is 11.3 Å². The highest BCUT2D eigenvalue weighted by molar-refractivity contribution is 7.14. The number of halogens is 3. The zero-order valence-electron chi connectivity index (χ0n) is 13.7. The van der Waals surface area contributed by atoms with Crippen molar-refractivity contribution in [1.82, 2.24) is 4.98 Å². The molecule has 0 radical (unpaired) electrons. The number of amides is 1. The van der Waals surface area contributed by atoms with E-state index in [2.05, 4.69) is 15.0 Å². The van der Waals surface area contributed by atoms with Crippen molar-refractivity contribution in [3.05, 3.63) is 59.7 Å². The molecule has 1 amide bonds. The van der Waals surface area contributed by atoms with Crippen LogP contribution >= 0.6 is 11.3 Å². The number of thiazole rings is 1. The van der Waals surface area contributed by atoms with Gasteiger partial charge >= 0.3 is 6.61 Å². The van der Waals surface area contributed by atoms with Gasteiger partial charge in [-0.1, -0.05) is 24.3 Å². The lowest BCUT2D eigenvalue weighted by atomic mass is 10.1. The molecule has 0 spiro atoms. The summed E-state index contributed by atoms with van der Waals surface area (Å²) >= 11 is 1.11.